The third-order valence-corrected chi connectivity index (χ3v) is 4.03. The number of benzene rings is 1. The van der Waals surface area contributed by atoms with E-state index in [2.05, 4.69) is 30.9 Å². The van der Waals surface area contributed by atoms with E-state index in [9.17, 15) is 0 Å². The first-order chi connectivity index (χ1) is 11.2. The predicted molar refractivity (Wildman–Crippen MR) is 85.9 cm³/mol. The fourth-order valence-corrected chi connectivity index (χ4v) is 2.47. The average molecular weight is 353 g/mol. The highest BCUT2D eigenvalue weighted by atomic mass is 35.5. The lowest BCUT2D eigenvalue weighted by Crippen LogP contribution is -2.20. The maximum absolute atomic E-state index is 6.13. The van der Waals surface area contributed by atoms with Gasteiger partial charge >= 0.3 is 5.95 Å². The van der Waals surface area contributed by atoms with E-state index in [1.165, 1.54) is 9.59 Å². The molecule has 0 saturated carbocycles. The zero-order valence-electron chi connectivity index (χ0n) is 12.3. The van der Waals surface area contributed by atoms with Crippen LogP contribution in [0.5, 0.6) is 0 Å². The fourth-order valence-electron chi connectivity index (χ4n) is 2.16. The van der Waals surface area contributed by atoms with Gasteiger partial charge in [0.15, 0.2) is 0 Å². The van der Waals surface area contributed by atoms with Gasteiger partial charge in [-0.2, -0.15) is 15.0 Å². The Morgan fingerprint density at radius 3 is 2.65 bits per heavy atom. The Hall–Kier alpha value is -2.03. The highest BCUT2D eigenvalue weighted by molar-refractivity contribution is 6.42. The molecule has 1 atom stereocenters. The Morgan fingerprint density at radius 2 is 1.96 bits per heavy atom. The summed E-state index contributed by atoms with van der Waals surface area (Å²) in [5.41, 5.74) is 0.951. The summed E-state index contributed by atoms with van der Waals surface area (Å²) < 4.78 is 0. The van der Waals surface area contributed by atoms with Gasteiger partial charge < -0.3 is 5.32 Å². The molecule has 0 bridgehead atoms. The van der Waals surface area contributed by atoms with Crippen LogP contribution in [0, 0.1) is 0 Å². The normalized spacial score (nSPS) is 12.5. The van der Waals surface area contributed by atoms with Crippen molar-refractivity contribution in [3.8, 4) is 5.95 Å². The highest BCUT2D eigenvalue weighted by Gasteiger charge is 2.19. The molecule has 0 radical (unpaired) electrons. The van der Waals surface area contributed by atoms with Crippen LogP contribution in [0.4, 0.5) is 0 Å². The van der Waals surface area contributed by atoms with Gasteiger partial charge in [-0.25, -0.2) is 0 Å². The van der Waals surface area contributed by atoms with E-state index in [0.29, 0.717) is 16.0 Å². The van der Waals surface area contributed by atoms with Crippen LogP contribution in [0.2, 0.25) is 10.0 Å². The summed E-state index contributed by atoms with van der Waals surface area (Å²) >= 11 is 12.1. The molecule has 2 aromatic heterocycles. The van der Waals surface area contributed by atoms with E-state index in [4.69, 9.17) is 23.2 Å². The van der Waals surface area contributed by atoms with Gasteiger partial charge in [-0.05, 0) is 42.9 Å². The average Bonchev–Trinajstić information content (AvgIpc) is 3.22. The van der Waals surface area contributed by atoms with Gasteiger partial charge in [0.25, 0.3) is 0 Å². The third kappa shape index (κ3) is 3.49. The number of nitrogens with zero attached hydrogens (tertiary/aromatic N) is 7. The smallest absolute Gasteiger partial charge is 0.307 e. The number of tetrazole rings is 1. The van der Waals surface area contributed by atoms with Crippen molar-refractivity contribution in [2.75, 3.05) is 13.6 Å². The number of aromatic nitrogens is 7. The largest absolute Gasteiger partial charge is 0.320 e. The lowest BCUT2D eigenvalue weighted by Gasteiger charge is -2.16. The number of nitrogens with one attached hydrogen (secondary N) is 1. The van der Waals surface area contributed by atoms with Gasteiger partial charge in [-0.1, -0.05) is 34.4 Å². The van der Waals surface area contributed by atoms with Crippen LogP contribution in [-0.2, 0) is 0 Å². The number of halogens is 2. The molecular weight excluding hydrogens is 339 g/mol. The van der Waals surface area contributed by atoms with Gasteiger partial charge in [-0.15, -0.1) is 9.90 Å². The molecule has 0 spiro atoms. The fraction of sp³-hybridized carbons (Fsp3) is 0.308. The van der Waals surface area contributed by atoms with Gasteiger partial charge in [0.2, 0.25) is 0 Å². The molecule has 0 aliphatic carbocycles. The number of rotatable bonds is 6. The molecule has 120 valence electrons. The van der Waals surface area contributed by atoms with Crippen LogP contribution in [0.15, 0.2) is 30.6 Å². The van der Waals surface area contributed by atoms with Crippen molar-refractivity contribution in [3.63, 3.8) is 0 Å². The quantitative estimate of drug-likeness (QED) is 0.727. The van der Waals surface area contributed by atoms with Crippen LogP contribution in [0.1, 0.15) is 18.0 Å². The first-order valence-electron chi connectivity index (χ1n) is 6.95. The van der Waals surface area contributed by atoms with Crippen molar-refractivity contribution in [2.24, 2.45) is 0 Å². The lowest BCUT2D eigenvalue weighted by atomic mass is 10.0. The van der Waals surface area contributed by atoms with Crippen molar-refractivity contribution >= 4 is 23.2 Å². The van der Waals surface area contributed by atoms with E-state index in [-0.39, 0.29) is 6.04 Å². The number of hydrogen-bond acceptors (Lipinski definition) is 6. The first-order valence-corrected chi connectivity index (χ1v) is 7.70. The molecular formula is C13H14Cl2N8. The minimum Gasteiger partial charge on any atom is -0.320 e. The van der Waals surface area contributed by atoms with Gasteiger partial charge in [0, 0.05) is 0 Å². The zero-order chi connectivity index (χ0) is 16.2. The molecule has 1 N–H and O–H groups in total. The third-order valence-electron chi connectivity index (χ3n) is 3.29. The summed E-state index contributed by atoms with van der Waals surface area (Å²) in [5, 5.41) is 24.6. The van der Waals surface area contributed by atoms with E-state index in [1.807, 2.05) is 19.2 Å². The molecule has 0 aliphatic rings. The lowest BCUT2D eigenvalue weighted by molar-refractivity contribution is 0.420. The molecule has 8 nitrogen and oxygen atoms in total. The molecule has 0 amide bonds. The SMILES string of the molecule is CNCC[C@H](c1ccc(Cl)c(Cl)c1)n1nnc(-n2nccn2)n1. The van der Waals surface area contributed by atoms with E-state index >= 15 is 0 Å². The molecule has 3 rings (SSSR count). The monoisotopic (exact) mass is 352 g/mol. The van der Waals surface area contributed by atoms with Crippen LogP contribution in [0.3, 0.4) is 0 Å². The van der Waals surface area contributed by atoms with Crippen molar-refractivity contribution in [3.05, 3.63) is 46.2 Å². The molecule has 23 heavy (non-hydrogen) atoms. The standard InChI is InChI=1S/C13H14Cl2N8/c1-16-5-4-12(9-2-3-10(14)11(15)8-9)22-20-13(19-21-22)23-17-6-7-18-23/h2-3,6-8,12,16H,4-5H2,1H3/t12-/m1/s1. The van der Waals surface area contributed by atoms with Crippen LogP contribution in [0.25, 0.3) is 5.95 Å². The highest BCUT2D eigenvalue weighted by Crippen LogP contribution is 2.28. The van der Waals surface area contributed by atoms with E-state index in [0.717, 1.165) is 18.5 Å². The molecule has 0 saturated heterocycles. The topological polar surface area (TPSA) is 86.3 Å². The Kier molecular flexibility index (Phi) is 4.85. The Labute approximate surface area is 142 Å². The van der Waals surface area contributed by atoms with Gasteiger partial charge in [0.05, 0.1) is 28.5 Å². The van der Waals surface area contributed by atoms with Crippen molar-refractivity contribution in [1.82, 2.24) is 40.5 Å². The second-order valence-corrected chi connectivity index (χ2v) is 5.62. The zero-order valence-corrected chi connectivity index (χ0v) is 13.8. The van der Waals surface area contributed by atoms with Crippen molar-refractivity contribution in [2.45, 2.75) is 12.5 Å². The second kappa shape index (κ2) is 7.03. The van der Waals surface area contributed by atoms with E-state index < -0.39 is 0 Å². The van der Waals surface area contributed by atoms with Crippen molar-refractivity contribution < 1.29 is 0 Å². The second-order valence-electron chi connectivity index (χ2n) is 4.81. The van der Waals surface area contributed by atoms with Crippen LogP contribution < -0.4 is 5.32 Å². The minimum atomic E-state index is -0.131. The molecule has 2 heterocycles. The Morgan fingerprint density at radius 1 is 1.17 bits per heavy atom. The Balaban J connectivity index is 1.94. The van der Waals surface area contributed by atoms with Gasteiger partial charge in [0.1, 0.15) is 0 Å². The molecule has 0 fully saturated rings. The summed E-state index contributed by atoms with van der Waals surface area (Å²) in [6, 6.07) is 5.36. The summed E-state index contributed by atoms with van der Waals surface area (Å²) in [5.74, 6) is 0.310. The molecule has 3 aromatic rings. The summed E-state index contributed by atoms with van der Waals surface area (Å²) in [6.45, 7) is 0.780. The van der Waals surface area contributed by atoms with Crippen LogP contribution >= 0.6 is 23.2 Å². The van der Waals surface area contributed by atoms with Crippen LogP contribution in [-0.4, -0.2) is 48.8 Å². The Bertz CT molecular complexity index is 770. The van der Waals surface area contributed by atoms with E-state index in [1.54, 1.807) is 18.5 Å². The molecule has 1 aromatic carbocycles. The van der Waals surface area contributed by atoms with Gasteiger partial charge in [-0.3, -0.25) is 0 Å². The molecule has 10 heteroatoms. The minimum absolute atomic E-state index is 0.131. The summed E-state index contributed by atoms with van der Waals surface area (Å²) in [6.07, 6.45) is 3.87. The predicted octanol–water partition coefficient (Wildman–Crippen LogP) is 1.76. The summed E-state index contributed by atoms with van der Waals surface area (Å²) in [4.78, 5) is 2.85. The molecule has 0 aliphatic heterocycles. The molecule has 0 unspecified atom stereocenters. The maximum Gasteiger partial charge on any atom is 0.307 e. The van der Waals surface area contributed by atoms with Crippen molar-refractivity contribution in [1.29, 1.82) is 0 Å². The first kappa shape index (κ1) is 15.9. The number of hydrogen-bond donors (Lipinski definition) is 1. The summed E-state index contributed by atoms with van der Waals surface area (Å²) in [7, 11) is 1.89. The maximum atomic E-state index is 6.13.